The van der Waals surface area contributed by atoms with Crippen LogP contribution in [-0.2, 0) is 0 Å². The van der Waals surface area contributed by atoms with Crippen molar-refractivity contribution >= 4 is 11.8 Å². The molecule has 1 heterocycles. The number of amides is 2. The molecule has 6 nitrogen and oxygen atoms in total. The Morgan fingerprint density at radius 2 is 2.05 bits per heavy atom. The fourth-order valence-corrected chi connectivity index (χ4v) is 1.55. The zero-order chi connectivity index (χ0) is 15.2. The standard InChI is InChI=1S/C15H13N3O3/c1-10-9-13(18-21-10)15(20)17-8-2-3-11-4-6-12(7-5-11)14(16)19/h4-7,9H,8H2,1H3,(H2,16,19)(H,17,20). The number of hydrogen-bond donors (Lipinski definition) is 2. The van der Waals surface area contributed by atoms with E-state index in [1.54, 1.807) is 37.3 Å². The molecule has 2 amide bonds. The van der Waals surface area contributed by atoms with Crippen molar-refractivity contribution < 1.29 is 14.1 Å². The summed E-state index contributed by atoms with van der Waals surface area (Å²) in [6.45, 7) is 1.89. The lowest BCUT2D eigenvalue weighted by atomic mass is 10.1. The van der Waals surface area contributed by atoms with Gasteiger partial charge in [-0.1, -0.05) is 17.0 Å². The van der Waals surface area contributed by atoms with Gasteiger partial charge >= 0.3 is 0 Å². The summed E-state index contributed by atoms with van der Waals surface area (Å²) in [5.74, 6) is 5.41. The molecule has 0 fully saturated rings. The van der Waals surface area contributed by atoms with Gasteiger partial charge in [0.15, 0.2) is 5.69 Å². The number of aromatic nitrogens is 1. The molecule has 1 aromatic carbocycles. The van der Waals surface area contributed by atoms with Crippen molar-refractivity contribution in [3.8, 4) is 11.8 Å². The Morgan fingerprint density at radius 1 is 1.33 bits per heavy atom. The van der Waals surface area contributed by atoms with Gasteiger partial charge in [-0.15, -0.1) is 0 Å². The minimum absolute atomic E-state index is 0.183. The third-order valence-corrected chi connectivity index (χ3v) is 2.60. The fourth-order valence-electron chi connectivity index (χ4n) is 1.55. The molecular weight excluding hydrogens is 270 g/mol. The summed E-state index contributed by atoms with van der Waals surface area (Å²) < 4.78 is 4.81. The molecule has 0 saturated carbocycles. The van der Waals surface area contributed by atoms with Crippen LogP contribution in [0.2, 0.25) is 0 Å². The van der Waals surface area contributed by atoms with Gasteiger partial charge in [0.05, 0.1) is 6.54 Å². The van der Waals surface area contributed by atoms with E-state index in [0.29, 0.717) is 11.3 Å². The fraction of sp³-hybridized carbons (Fsp3) is 0.133. The molecule has 0 bridgehead atoms. The van der Waals surface area contributed by atoms with Crippen LogP contribution in [0.5, 0.6) is 0 Å². The second-order valence-corrected chi connectivity index (χ2v) is 4.25. The lowest BCUT2D eigenvalue weighted by molar-refractivity contribution is 0.0948. The van der Waals surface area contributed by atoms with Crippen LogP contribution >= 0.6 is 0 Å². The maximum absolute atomic E-state index is 11.6. The normalized spacial score (nSPS) is 9.57. The number of rotatable bonds is 3. The average molecular weight is 283 g/mol. The van der Waals surface area contributed by atoms with E-state index in [2.05, 4.69) is 22.3 Å². The zero-order valence-electron chi connectivity index (χ0n) is 11.3. The lowest BCUT2D eigenvalue weighted by Gasteiger charge is -1.96. The number of aryl methyl sites for hydroxylation is 1. The predicted molar refractivity (Wildman–Crippen MR) is 75.4 cm³/mol. The minimum Gasteiger partial charge on any atom is -0.366 e. The lowest BCUT2D eigenvalue weighted by Crippen LogP contribution is -2.23. The molecule has 0 unspecified atom stereocenters. The van der Waals surface area contributed by atoms with E-state index < -0.39 is 5.91 Å². The van der Waals surface area contributed by atoms with Crippen molar-refractivity contribution in [1.29, 1.82) is 0 Å². The number of nitrogens with zero attached hydrogens (tertiary/aromatic N) is 1. The largest absolute Gasteiger partial charge is 0.366 e. The monoisotopic (exact) mass is 283 g/mol. The first-order valence-corrected chi connectivity index (χ1v) is 6.16. The number of primary amides is 1. The van der Waals surface area contributed by atoms with Crippen LogP contribution in [0.3, 0.4) is 0 Å². The van der Waals surface area contributed by atoms with Crippen LogP contribution in [0, 0.1) is 18.8 Å². The molecule has 0 aliphatic carbocycles. The third-order valence-electron chi connectivity index (χ3n) is 2.60. The molecule has 6 heteroatoms. The van der Waals surface area contributed by atoms with Gasteiger partial charge in [-0.3, -0.25) is 9.59 Å². The van der Waals surface area contributed by atoms with Crippen LogP contribution in [-0.4, -0.2) is 23.5 Å². The molecular formula is C15H13N3O3. The van der Waals surface area contributed by atoms with Gasteiger partial charge in [0.25, 0.3) is 5.91 Å². The topological polar surface area (TPSA) is 98.2 Å². The second kappa shape index (κ2) is 6.39. The predicted octanol–water partition coefficient (Wildman–Crippen LogP) is 0.863. The SMILES string of the molecule is Cc1cc(C(=O)NCC#Cc2ccc(C(N)=O)cc2)no1. The van der Waals surface area contributed by atoms with Gasteiger partial charge in [0.2, 0.25) is 5.91 Å². The summed E-state index contributed by atoms with van der Waals surface area (Å²) in [4.78, 5) is 22.5. The summed E-state index contributed by atoms with van der Waals surface area (Å²) in [7, 11) is 0. The maximum atomic E-state index is 11.6. The molecule has 106 valence electrons. The second-order valence-electron chi connectivity index (χ2n) is 4.25. The zero-order valence-corrected chi connectivity index (χ0v) is 11.3. The van der Waals surface area contributed by atoms with E-state index in [9.17, 15) is 9.59 Å². The van der Waals surface area contributed by atoms with Gasteiger partial charge in [0.1, 0.15) is 5.76 Å². The molecule has 0 aliphatic rings. The highest BCUT2D eigenvalue weighted by atomic mass is 16.5. The van der Waals surface area contributed by atoms with Gasteiger partial charge in [-0.2, -0.15) is 0 Å². The molecule has 0 atom stereocenters. The molecule has 0 aliphatic heterocycles. The van der Waals surface area contributed by atoms with E-state index in [1.165, 1.54) is 0 Å². The van der Waals surface area contributed by atoms with Crippen LogP contribution in [0.4, 0.5) is 0 Å². The summed E-state index contributed by atoms with van der Waals surface area (Å²) in [5, 5.41) is 6.20. The van der Waals surface area contributed by atoms with E-state index >= 15 is 0 Å². The average Bonchev–Trinajstić information content (AvgIpc) is 2.90. The van der Waals surface area contributed by atoms with Gasteiger partial charge < -0.3 is 15.6 Å². The van der Waals surface area contributed by atoms with Gasteiger partial charge in [-0.05, 0) is 31.2 Å². The smallest absolute Gasteiger partial charge is 0.274 e. The van der Waals surface area contributed by atoms with Crippen LogP contribution in [0.1, 0.15) is 32.2 Å². The first-order chi connectivity index (χ1) is 10.1. The van der Waals surface area contributed by atoms with E-state index in [0.717, 1.165) is 5.56 Å². The molecule has 0 spiro atoms. The van der Waals surface area contributed by atoms with Crippen molar-refractivity contribution in [2.75, 3.05) is 6.54 Å². The number of nitrogens with two attached hydrogens (primary N) is 1. The highest BCUT2D eigenvalue weighted by Crippen LogP contribution is 2.02. The maximum Gasteiger partial charge on any atom is 0.274 e. The Bertz CT molecular complexity index is 721. The van der Waals surface area contributed by atoms with Crippen molar-refractivity contribution in [2.24, 2.45) is 5.73 Å². The molecule has 0 saturated heterocycles. The number of carbonyl (C=O) groups is 2. The van der Waals surface area contributed by atoms with Crippen LogP contribution < -0.4 is 11.1 Å². The summed E-state index contributed by atoms with van der Waals surface area (Å²) in [6, 6.07) is 8.13. The van der Waals surface area contributed by atoms with Crippen molar-refractivity contribution in [2.45, 2.75) is 6.92 Å². The molecule has 1 aromatic heterocycles. The van der Waals surface area contributed by atoms with E-state index in [4.69, 9.17) is 10.3 Å². The summed E-state index contributed by atoms with van der Waals surface area (Å²) in [5.41, 5.74) is 6.52. The van der Waals surface area contributed by atoms with Crippen molar-refractivity contribution in [3.63, 3.8) is 0 Å². The van der Waals surface area contributed by atoms with Crippen molar-refractivity contribution in [1.82, 2.24) is 10.5 Å². The van der Waals surface area contributed by atoms with Crippen LogP contribution in [0.25, 0.3) is 0 Å². The van der Waals surface area contributed by atoms with Gasteiger partial charge in [-0.25, -0.2) is 0 Å². The Labute approximate surface area is 121 Å². The first kappa shape index (κ1) is 14.3. The Kier molecular flexibility index (Phi) is 4.36. The highest BCUT2D eigenvalue weighted by molar-refractivity contribution is 5.93. The molecule has 2 rings (SSSR count). The highest BCUT2D eigenvalue weighted by Gasteiger charge is 2.08. The summed E-state index contributed by atoms with van der Waals surface area (Å²) >= 11 is 0. The Hall–Kier alpha value is -3.07. The number of hydrogen-bond acceptors (Lipinski definition) is 4. The number of carbonyl (C=O) groups excluding carboxylic acids is 2. The number of nitrogens with one attached hydrogen (secondary N) is 1. The van der Waals surface area contributed by atoms with E-state index in [1.807, 2.05) is 0 Å². The molecule has 3 N–H and O–H groups in total. The first-order valence-electron chi connectivity index (χ1n) is 6.16. The minimum atomic E-state index is -0.482. The Balaban J connectivity index is 1.89. The number of benzene rings is 1. The molecule has 21 heavy (non-hydrogen) atoms. The van der Waals surface area contributed by atoms with Crippen molar-refractivity contribution in [3.05, 3.63) is 52.9 Å². The molecule has 0 radical (unpaired) electrons. The molecule has 2 aromatic rings. The quantitative estimate of drug-likeness (QED) is 0.816. The summed E-state index contributed by atoms with van der Waals surface area (Å²) in [6.07, 6.45) is 0. The van der Waals surface area contributed by atoms with Gasteiger partial charge in [0, 0.05) is 17.2 Å². The third kappa shape index (κ3) is 3.94. The Morgan fingerprint density at radius 3 is 2.62 bits per heavy atom. The van der Waals surface area contributed by atoms with E-state index in [-0.39, 0.29) is 18.1 Å². The van der Waals surface area contributed by atoms with Crippen LogP contribution in [0.15, 0.2) is 34.9 Å².